The lowest BCUT2D eigenvalue weighted by atomic mass is 10.1. The molecule has 1 rings (SSSR count). The van der Waals surface area contributed by atoms with Crippen LogP contribution >= 0.6 is 12.4 Å². The van der Waals surface area contributed by atoms with Crippen LogP contribution in [-0.2, 0) is 4.74 Å². The summed E-state index contributed by atoms with van der Waals surface area (Å²) in [5, 5.41) is 13.8. The van der Waals surface area contributed by atoms with Crippen LogP contribution in [-0.4, -0.2) is 50.9 Å². The van der Waals surface area contributed by atoms with E-state index in [0.29, 0.717) is 6.61 Å². The van der Waals surface area contributed by atoms with Crippen LogP contribution in [0.1, 0.15) is 17.3 Å². The normalized spacial score (nSPS) is 11.2. The van der Waals surface area contributed by atoms with Crippen LogP contribution in [0.2, 0.25) is 0 Å². The van der Waals surface area contributed by atoms with Gasteiger partial charge in [-0.15, -0.1) is 12.4 Å². The van der Waals surface area contributed by atoms with Crippen LogP contribution < -0.4 is 20.5 Å². The smallest absolute Gasteiger partial charge is 0.286 e. The molecule has 0 aliphatic heterocycles. The highest BCUT2D eigenvalue weighted by Gasteiger charge is 2.25. The quantitative estimate of drug-likeness (QED) is 0.382. The fourth-order valence-electron chi connectivity index (χ4n) is 1.75. The summed E-state index contributed by atoms with van der Waals surface area (Å²) in [6.07, 6.45) is 0. The molecule has 0 aliphatic carbocycles. The summed E-state index contributed by atoms with van der Waals surface area (Å²) in [4.78, 5) is 22.8. The van der Waals surface area contributed by atoms with Gasteiger partial charge in [-0.3, -0.25) is 14.9 Å². The predicted octanol–water partition coefficient (Wildman–Crippen LogP) is 1.13. The highest BCUT2D eigenvalue weighted by Crippen LogP contribution is 2.34. The molecule has 0 unspecified atom stereocenters. The summed E-state index contributed by atoms with van der Waals surface area (Å²) in [7, 11) is 2.89. The van der Waals surface area contributed by atoms with Gasteiger partial charge in [0.15, 0.2) is 11.5 Å². The monoisotopic (exact) mass is 363 g/mol. The number of nitro groups is 1. The van der Waals surface area contributed by atoms with Gasteiger partial charge >= 0.3 is 0 Å². The molecule has 0 aliphatic rings. The molecule has 0 radical (unpaired) electrons. The van der Waals surface area contributed by atoms with Gasteiger partial charge in [0, 0.05) is 25.8 Å². The largest absolute Gasteiger partial charge is 0.493 e. The second-order valence-electron chi connectivity index (χ2n) is 4.73. The summed E-state index contributed by atoms with van der Waals surface area (Å²) >= 11 is 0. The van der Waals surface area contributed by atoms with Crippen molar-refractivity contribution in [3.05, 3.63) is 27.8 Å². The number of nitrogens with one attached hydrogen (secondary N) is 1. The zero-order valence-corrected chi connectivity index (χ0v) is 14.6. The second-order valence-corrected chi connectivity index (χ2v) is 4.73. The van der Waals surface area contributed by atoms with E-state index in [-0.39, 0.29) is 54.4 Å². The average molecular weight is 364 g/mol. The molecule has 0 saturated heterocycles. The van der Waals surface area contributed by atoms with Crippen molar-refractivity contribution in [2.24, 2.45) is 5.73 Å². The van der Waals surface area contributed by atoms with Crippen LogP contribution in [0.5, 0.6) is 11.5 Å². The fraction of sp³-hybridized carbons (Fsp3) is 0.500. The molecule has 1 atom stereocenters. The Bertz CT molecular complexity index is 570. The van der Waals surface area contributed by atoms with E-state index >= 15 is 0 Å². The lowest BCUT2D eigenvalue weighted by Gasteiger charge is -2.14. The van der Waals surface area contributed by atoms with Gasteiger partial charge in [-0.2, -0.15) is 0 Å². The number of amides is 1. The van der Waals surface area contributed by atoms with E-state index in [0.717, 1.165) is 6.07 Å². The van der Waals surface area contributed by atoms with Crippen LogP contribution in [0.4, 0.5) is 5.69 Å². The van der Waals surface area contributed by atoms with Crippen molar-refractivity contribution in [3.8, 4) is 11.5 Å². The number of halogens is 1. The maximum atomic E-state index is 12.2. The number of nitrogens with zero attached hydrogens (tertiary/aromatic N) is 1. The topological polar surface area (TPSA) is 126 Å². The summed E-state index contributed by atoms with van der Waals surface area (Å²) in [5.74, 6) is -0.215. The molecule has 0 aromatic heterocycles. The predicted molar refractivity (Wildman–Crippen MR) is 90.3 cm³/mol. The molecule has 0 fully saturated rings. The Labute approximate surface area is 146 Å². The number of carbonyl (C=O) groups excluding carboxylic acids is 1. The number of nitro benzene ring substituents is 1. The Hall–Kier alpha value is -2.10. The Morgan fingerprint density at radius 1 is 1.33 bits per heavy atom. The van der Waals surface area contributed by atoms with Crippen molar-refractivity contribution < 1.29 is 23.9 Å². The van der Waals surface area contributed by atoms with Crippen molar-refractivity contribution in [1.82, 2.24) is 5.32 Å². The lowest BCUT2D eigenvalue weighted by Crippen LogP contribution is -2.38. The maximum Gasteiger partial charge on any atom is 0.286 e. The number of rotatable bonds is 9. The van der Waals surface area contributed by atoms with E-state index in [9.17, 15) is 14.9 Å². The van der Waals surface area contributed by atoms with E-state index in [2.05, 4.69) is 5.32 Å². The van der Waals surface area contributed by atoms with Crippen LogP contribution in [0.3, 0.4) is 0 Å². The molecule has 10 heteroatoms. The van der Waals surface area contributed by atoms with E-state index in [4.69, 9.17) is 19.9 Å². The molecule has 1 amide bonds. The number of nitrogens with two attached hydrogens (primary N) is 1. The number of hydrogen-bond acceptors (Lipinski definition) is 7. The van der Waals surface area contributed by atoms with Crippen LogP contribution in [0, 0.1) is 10.1 Å². The third-order valence-corrected chi connectivity index (χ3v) is 3.00. The summed E-state index contributed by atoms with van der Waals surface area (Å²) < 4.78 is 15.4. The van der Waals surface area contributed by atoms with Gasteiger partial charge in [-0.05, 0) is 6.92 Å². The number of methoxy groups -OCH3 is 2. The first kappa shape index (κ1) is 21.9. The van der Waals surface area contributed by atoms with Gasteiger partial charge in [0.25, 0.3) is 11.6 Å². The van der Waals surface area contributed by atoms with Gasteiger partial charge in [-0.25, -0.2) is 0 Å². The van der Waals surface area contributed by atoms with E-state index in [1.807, 2.05) is 0 Å². The first-order valence-corrected chi connectivity index (χ1v) is 6.93. The molecule has 9 nitrogen and oxygen atoms in total. The van der Waals surface area contributed by atoms with Gasteiger partial charge in [0.1, 0.15) is 12.2 Å². The van der Waals surface area contributed by atoms with Crippen molar-refractivity contribution in [2.75, 3.05) is 34.0 Å². The Morgan fingerprint density at radius 3 is 2.50 bits per heavy atom. The Kier molecular flexibility index (Phi) is 9.70. The van der Waals surface area contributed by atoms with E-state index in [1.54, 1.807) is 6.92 Å². The zero-order valence-electron chi connectivity index (χ0n) is 13.7. The molecule has 0 saturated carbocycles. The molecule has 0 heterocycles. The SMILES string of the molecule is COCCOc1cc([N+](=O)[O-])c(C(=O)N[C@@H](C)CN)cc1OC.Cl. The first-order valence-electron chi connectivity index (χ1n) is 6.93. The minimum Gasteiger partial charge on any atom is -0.493 e. The zero-order chi connectivity index (χ0) is 17.4. The Morgan fingerprint density at radius 2 is 2.00 bits per heavy atom. The van der Waals surface area contributed by atoms with E-state index < -0.39 is 10.8 Å². The lowest BCUT2D eigenvalue weighted by molar-refractivity contribution is -0.385. The van der Waals surface area contributed by atoms with Crippen molar-refractivity contribution in [1.29, 1.82) is 0 Å². The molecule has 24 heavy (non-hydrogen) atoms. The van der Waals surface area contributed by atoms with Crippen LogP contribution in [0.25, 0.3) is 0 Å². The standard InChI is InChI=1S/C14H21N3O6.ClH/c1-9(8-15)16-14(18)10-6-12(22-3)13(23-5-4-21-2)7-11(10)17(19)20;/h6-7,9H,4-5,8,15H2,1-3H3,(H,16,18);1H/t9-;/m0./s1. The van der Waals surface area contributed by atoms with E-state index in [1.165, 1.54) is 20.3 Å². The molecule has 1 aromatic rings. The number of benzene rings is 1. The van der Waals surface area contributed by atoms with Gasteiger partial charge in [-0.1, -0.05) is 0 Å². The number of carbonyl (C=O) groups is 1. The van der Waals surface area contributed by atoms with Crippen molar-refractivity contribution in [3.63, 3.8) is 0 Å². The van der Waals surface area contributed by atoms with Gasteiger partial charge < -0.3 is 25.3 Å². The van der Waals surface area contributed by atoms with Crippen LogP contribution in [0.15, 0.2) is 12.1 Å². The molecule has 0 bridgehead atoms. The first-order chi connectivity index (χ1) is 10.9. The number of hydrogen-bond donors (Lipinski definition) is 2. The minimum absolute atomic E-state index is 0. The van der Waals surface area contributed by atoms with Gasteiger partial charge in [0.2, 0.25) is 0 Å². The summed E-state index contributed by atoms with van der Waals surface area (Å²) in [6.45, 7) is 2.42. The summed E-state index contributed by atoms with van der Waals surface area (Å²) in [6, 6.07) is 2.13. The minimum atomic E-state index is -0.648. The fourth-order valence-corrected chi connectivity index (χ4v) is 1.75. The third kappa shape index (κ3) is 5.84. The third-order valence-electron chi connectivity index (χ3n) is 3.00. The van der Waals surface area contributed by atoms with Gasteiger partial charge in [0.05, 0.1) is 24.7 Å². The molecule has 136 valence electrons. The van der Waals surface area contributed by atoms with Crippen molar-refractivity contribution in [2.45, 2.75) is 13.0 Å². The summed E-state index contributed by atoms with van der Waals surface area (Å²) in [5.41, 5.74) is 4.95. The highest BCUT2D eigenvalue weighted by atomic mass is 35.5. The number of ether oxygens (including phenoxy) is 3. The maximum absolute atomic E-state index is 12.2. The molecular formula is C14H22ClN3O6. The van der Waals surface area contributed by atoms with Crippen molar-refractivity contribution >= 4 is 24.0 Å². The average Bonchev–Trinajstić information content (AvgIpc) is 2.54. The molecule has 1 aromatic carbocycles. The molecule has 0 spiro atoms. The molecule has 3 N–H and O–H groups in total. The Balaban J connectivity index is 0.00000529. The second kappa shape index (κ2) is 10.6. The molecular weight excluding hydrogens is 342 g/mol. The highest BCUT2D eigenvalue weighted by molar-refractivity contribution is 5.99.